The van der Waals surface area contributed by atoms with Gasteiger partial charge in [0.1, 0.15) is 0 Å². The van der Waals surface area contributed by atoms with Crippen LogP contribution in [0.5, 0.6) is 0 Å². The molecule has 19 heavy (non-hydrogen) atoms. The van der Waals surface area contributed by atoms with Crippen LogP contribution in [0.1, 0.15) is 25.3 Å². The summed E-state index contributed by atoms with van der Waals surface area (Å²) in [7, 11) is 0. The molecule has 1 unspecified atom stereocenters. The summed E-state index contributed by atoms with van der Waals surface area (Å²) >= 11 is 2.06. The Bertz CT molecular complexity index is 364. The van der Waals surface area contributed by atoms with E-state index in [0.29, 0.717) is 6.54 Å². The molecule has 1 aromatic rings. The molecule has 4 nitrogen and oxygen atoms in total. The minimum atomic E-state index is 0. The van der Waals surface area contributed by atoms with E-state index in [1.54, 1.807) is 12.5 Å². The molecule has 0 radical (unpaired) electrons. The van der Waals surface area contributed by atoms with Crippen molar-refractivity contribution in [3.05, 3.63) is 24.2 Å². The fourth-order valence-corrected chi connectivity index (χ4v) is 3.11. The summed E-state index contributed by atoms with van der Waals surface area (Å²) < 4.78 is 5.03. The minimum absolute atomic E-state index is 0. The molecule has 6 heteroatoms. The second kappa shape index (κ2) is 9.52. The first-order valence-corrected chi connectivity index (χ1v) is 7.58. The van der Waals surface area contributed by atoms with Crippen molar-refractivity contribution in [2.24, 2.45) is 4.99 Å². The molecular weight excluding hydrogens is 373 g/mol. The van der Waals surface area contributed by atoms with Crippen LogP contribution in [0.15, 0.2) is 28.0 Å². The van der Waals surface area contributed by atoms with Gasteiger partial charge in [0.25, 0.3) is 0 Å². The zero-order chi connectivity index (χ0) is 12.6. The number of nitrogens with one attached hydrogen (secondary N) is 2. The maximum atomic E-state index is 5.03. The highest BCUT2D eigenvalue weighted by Crippen LogP contribution is 2.25. The Morgan fingerprint density at radius 3 is 3.05 bits per heavy atom. The van der Waals surface area contributed by atoms with Gasteiger partial charge in [-0.15, -0.1) is 24.0 Å². The molecule has 2 N–H and O–H groups in total. The van der Waals surface area contributed by atoms with Crippen molar-refractivity contribution in [3.8, 4) is 0 Å². The lowest BCUT2D eigenvalue weighted by Crippen LogP contribution is -2.40. The molecule has 1 saturated heterocycles. The van der Waals surface area contributed by atoms with Gasteiger partial charge in [0.05, 0.1) is 19.1 Å². The van der Waals surface area contributed by atoms with E-state index in [2.05, 4.69) is 34.3 Å². The standard InChI is InChI=1S/C13H21N3OS.HI/c1-2-14-13(15-8-11-5-6-17-10-11)16-9-12-4-3-7-18-12;/h5-6,10,12H,2-4,7-9H2,1H3,(H2,14,15,16);1H. The second-order valence-corrected chi connectivity index (χ2v) is 5.75. The van der Waals surface area contributed by atoms with E-state index in [1.807, 2.05) is 6.07 Å². The van der Waals surface area contributed by atoms with Crippen LogP contribution >= 0.6 is 35.7 Å². The van der Waals surface area contributed by atoms with Crippen LogP contribution < -0.4 is 10.6 Å². The topological polar surface area (TPSA) is 49.6 Å². The minimum Gasteiger partial charge on any atom is -0.472 e. The molecule has 1 atom stereocenters. The Kier molecular flexibility index (Phi) is 8.36. The van der Waals surface area contributed by atoms with Crippen molar-refractivity contribution < 1.29 is 4.42 Å². The molecule has 108 valence electrons. The van der Waals surface area contributed by atoms with E-state index in [0.717, 1.165) is 29.9 Å². The van der Waals surface area contributed by atoms with Gasteiger partial charge in [-0.2, -0.15) is 11.8 Å². The molecule has 0 aliphatic carbocycles. The highest BCUT2D eigenvalue weighted by molar-refractivity contribution is 14.0. The van der Waals surface area contributed by atoms with E-state index in [9.17, 15) is 0 Å². The van der Waals surface area contributed by atoms with Gasteiger partial charge in [-0.05, 0) is 31.6 Å². The molecule has 1 aromatic heterocycles. The first kappa shape index (κ1) is 16.7. The van der Waals surface area contributed by atoms with Gasteiger partial charge in [0.2, 0.25) is 0 Å². The zero-order valence-electron chi connectivity index (χ0n) is 11.2. The highest BCUT2D eigenvalue weighted by Gasteiger charge is 2.15. The lowest BCUT2D eigenvalue weighted by atomic mass is 10.2. The number of furan rings is 1. The van der Waals surface area contributed by atoms with Gasteiger partial charge in [-0.1, -0.05) is 0 Å². The van der Waals surface area contributed by atoms with Crippen LogP contribution in [0.25, 0.3) is 0 Å². The fraction of sp³-hybridized carbons (Fsp3) is 0.615. The summed E-state index contributed by atoms with van der Waals surface area (Å²) in [6, 6.07) is 1.94. The first-order valence-electron chi connectivity index (χ1n) is 6.53. The predicted molar refractivity (Wildman–Crippen MR) is 92.4 cm³/mol. The first-order chi connectivity index (χ1) is 8.88. The third kappa shape index (κ3) is 6.07. The summed E-state index contributed by atoms with van der Waals surface area (Å²) in [5.41, 5.74) is 1.10. The Morgan fingerprint density at radius 2 is 2.42 bits per heavy atom. The smallest absolute Gasteiger partial charge is 0.191 e. The van der Waals surface area contributed by atoms with Crippen LogP contribution in [0, 0.1) is 0 Å². The lowest BCUT2D eigenvalue weighted by molar-refractivity contribution is 0.564. The van der Waals surface area contributed by atoms with Gasteiger partial charge in [-0.25, -0.2) is 4.99 Å². The van der Waals surface area contributed by atoms with Gasteiger partial charge in [0.15, 0.2) is 5.96 Å². The average molecular weight is 395 g/mol. The third-order valence-corrected chi connectivity index (χ3v) is 4.26. The van der Waals surface area contributed by atoms with Gasteiger partial charge in [-0.3, -0.25) is 0 Å². The van der Waals surface area contributed by atoms with E-state index in [-0.39, 0.29) is 24.0 Å². The summed E-state index contributed by atoms with van der Waals surface area (Å²) in [4.78, 5) is 4.54. The maximum Gasteiger partial charge on any atom is 0.191 e. The molecule has 2 rings (SSSR count). The quantitative estimate of drug-likeness (QED) is 0.458. The Hall–Kier alpha value is -0.370. The van der Waals surface area contributed by atoms with Gasteiger partial charge in [0, 0.05) is 23.9 Å². The Balaban J connectivity index is 0.00000180. The van der Waals surface area contributed by atoms with Crippen molar-refractivity contribution >= 4 is 41.7 Å². The normalized spacial score (nSPS) is 19.0. The summed E-state index contributed by atoms with van der Waals surface area (Å²) in [6.07, 6.45) is 6.08. The molecule has 0 saturated carbocycles. The number of thioether (sulfide) groups is 1. The van der Waals surface area contributed by atoms with Crippen molar-refractivity contribution in [1.82, 2.24) is 10.6 Å². The third-order valence-electron chi connectivity index (χ3n) is 2.87. The molecule has 0 spiro atoms. The second-order valence-electron chi connectivity index (χ2n) is 4.34. The summed E-state index contributed by atoms with van der Waals surface area (Å²) in [5.74, 6) is 2.20. The molecule has 1 aliphatic rings. The number of guanidine groups is 1. The van der Waals surface area contributed by atoms with Crippen molar-refractivity contribution in [2.45, 2.75) is 31.6 Å². The summed E-state index contributed by atoms with van der Waals surface area (Å²) in [6.45, 7) is 4.62. The number of hydrogen-bond acceptors (Lipinski definition) is 3. The van der Waals surface area contributed by atoms with Crippen LogP contribution in [-0.4, -0.2) is 30.1 Å². The molecule has 1 aliphatic heterocycles. The lowest BCUT2D eigenvalue weighted by Gasteiger charge is -2.14. The SMILES string of the molecule is CCNC(=NCc1ccoc1)NCC1CCCS1.I. The zero-order valence-corrected chi connectivity index (χ0v) is 14.4. The van der Waals surface area contributed by atoms with Crippen LogP contribution in [-0.2, 0) is 6.54 Å². The molecule has 0 aromatic carbocycles. The fourth-order valence-electron chi connectivity index (χ4n) is 1.91. The monoisotopic (exact) mass is 395 g/mol. The van der Waals surface area contributed by atoms with Crippen LogP contribution in [0.3, 0.4) is 0 Å². The van der Waals surface area contributed by atoms with Gasteiger partial charge < -0.3 is 15.1 Å². The molecular formula is C13H22IN3OS. The average Bonchev–Trinajstić information content (AvgIpc) is 3.05. The van der Waals surface area contributed by atoms with Crippen molar-refractivity contribution in [2.75, 3.05) is 18.8 Å². The number of nitrogens with zero attached hydrogens (tertiary/aromatic N) is 1. The number of hydrogen-bond donors (Lipinski definition) is 2. The largest absolute Gasteiger partial charge is 0.472 e. The molecule has 0 bridgehead atoms. The van der Waals surface area contributed by atoms with Crippen molar-refractivity contribution in [1.29, 1.82) is 0 Å². The number of aliphatic imine (C=N–C) groups is 1. The molecule has 1 fully saturated rings. The predicted octanol–water partition coefficient (Wildman–Crippen LogP) is 2.85. The van der Waals surface area contributed by atoms with Crippen LogP contribution in [0.2, 0.25) is 0 Å². The van der Waals surface area contributed by atoms with E-state index >= 15 is 0 Å². The Labute approximate surface area is 136 Å². The molecule has 2 heterocycles. The summed E-state index contributed by atoms with van der Waals surface area (Å²) in [5, 5.41) is 7.42. The highest BCUT2D eigenvalue weighted by atomic mass is 127. The number of rotatable bonds is 5. The molecule has 0 amide bonds. The van der Waals surface area contributed by atoms with Crippen LogP contribution in [0.4, 0.5) is 0 Å². The Morgan fingerprint density at radius 1 is 1.53 bits per heavy atom. The van der Waals surface area contributed by atoms with E-state index < -0.39 is 0 Å². The maximum absolute atomic E-state index is 5.03. The van der Waals surface area contributed by atoms with Gasteiger partial charge >= 0.3 is 0 Å². The van der Waals surface area contributed by atoms with E-state index in [4.69, 9.17) is 4.42 Å². The van der Waals surface area contributed by atoms with Crippen molar-refractivity contribution in [3.63, 3.8) is 0 Å². The van der Waals surface area contributed by atoms with E-state index in [1.165, 1.54) is 18.6 Å². The number of halogens is 1.